The van der Waals surface area contributed by atoms with Gasteiger partial charge in [-0.15, -0.1) is 0 Å². The summed E-state index contributed by atoms with van der Waals surface area (Å²) in [6, 6.07) is 10.9. The third kappa shape index (κ3) is 5.08. The van der Waals surface area contributed by atoms with Crippen LogP contribution in [0.25, 0.3) is 6.08 Å². The number of nitrogens with zero attached hydrogens (tertiary/aromatic N) is 1. The van der Waals surface area contributed by atoms with Crippen molar-refractivity contribution in [2.75, 3.05) is 6.61 Å². The van der Waals surface area contributed by atoms with Crippen molar-refractivity contribution in [3.8, 4) is 6.07 Å². The molecule has 0 aliphatic heterocycles. The number of rotatable bonds is 7. The molecule has 0 amide bonds. The summed E-state index contributed by atoms with van der Waals surface area (Å²) in [5.41, 5.74) is 1.58. The minimum Gasteiger partial charge on any atom is -0.465 e. The van der Waals surface area contributed by atoms with E-state index in [-0.39, 0.29) is 12.2 Å². The van der Waals surface area contributed by atoms with E-state index in [0.29, 0.717) is 17.2 Å². The van der Waals surface area contributed by atoms with Crippen LogP contribution in [0.3, 0.4) is 0 Å². The topological polar surface area (TPSA) is 80.3 Å². The van der Waals surface area contributed by atoms with Gasteiger partial charge in [0, 0.05) is 11.4 Å². The summed E-state index contributed by atoms with van der Waals surface area (Å²) >= 11 is 6.09. The van der Waals surface area contributed by atoms with E-state index in [4.69, 9.17) is 20.8 Å². The number of hydrogen-bond donors (Lipinski definition) is 0. The van der Waals surface area contributed by atoms with Crippen molar-refractivity contribution in [1.29, 1.82) is 5.26 Å². The van der Waals surface area contributed by atoms with Crippen molar-refractivity contribution >= 4 is 29.4 Å². The lowest BCUT2D eigenvalue weighted by molar-refractivity contribution is -0.140. The Bertz CT molecular complexity index is 862. The Morgan fingerprint density at radius 3 is 2.73 bits per heavy atom. The van der Waals surface area contributed by atoms with Crippen LogP contribution in [-0.4, -0.2) is 18.4 Å². The minimum atomic E-state index is -0.743. The van der Waals surface area contributed by atoms with E-state index in [1.165, 1.54) is 19.3 Å². The Hall–Kier alpha value is -2.84. The highest BCUT2D eigenvalue weighted by Crippen LogP contribution is 2.24. The molecule has 0 saturated carbocycles. The Labute approximate surface area is 156 Å². The van der Waals surface area contributed by atoms with Crippen LogP contribution in [0.4, 0.5) is 0 Å². The van der Waals surface area contributed by atoms with Gasteiger partial charge in [0.1, 0.15) is 11.3 Å². The second-order valence-electron chi connectivity index (χ2n) is 5.74. The number of ether oxygens (including phenoxy) is 1. The summed E-state index contributed by atoms with van der Waals surface area (Å²) in [7, 11) is 0. The second kappa shape index (κ2) is 9.02. The summed E-state index contributed by atoms with van der Waals surface area (Å²) < 4.78 is 10.3. The Morgan fingerprint density at radius 1 is 1.38 bits per heavy atom. The van der Waals surface area contributed by atoms with Crippen molar-refractivity contribution in [3.63, 3.8) is 0 Å². The molecule has 2 aromatic rings. The maximum Gasteiger partial charge on any atom is 0.341 e. The fourth-order valence-electron chi connectivity index (χ4n) is 2.30. The van der Waals surface area contributed by atoms with Crippen molar-refractivity contribution in [1.82, 2.24) is 0 Å². The minimum absolute atomic E-state index is 0.00529. The summed E-state index contributed by atoms with van der Waals surface area (Å²) in [5, 5.41) is 9.95. The molecule has 1 aromatic heterocycles. The predicted octanol–water partition coefficient (Wildman–Crippen LogP) is 4.45. The van der Waals surface area contributed by atoms with Gasteiger partial charge < -0.3 is 9.15 Å². The maximum atomic E-state index is 12.2. The first-order chi connectivity index (χ1) is 12.4. The molecule has 0 saturated heterocycles. The first-order valence-electron chi connectivity index (χ1n) is 8.01. The van der Waals surface area contributed by atoms with Crippen molar-refractivity contribution in [2.45, 2.75) is 26.2 Å². The molecule has 1 aromatic carbocycles. The average molecular weight is 372 g/mol. The number of esters is 1. The molecule has 0 radical (unpaired) electrons. The molecule has 0 aliphatic carbocycles. The number of Topliss-reactive ketones (excluding diaryl/α,β-unsaturated/α-hetero) is 1. The van der Waals surface area contributed by atoms with E-state index in [9.17, 15) is 14.9 Å². The average Bonchev–Trinajstić information content (AvgIpc) is 3.12. The first-order valence-corrected chi connectivity index (χ1v) is 8.39. The number of halogens is 1. The second-order valence-corrected chi connectivity index (χ2v) is 6.15. The molecule has 0 N–H and O–H groups in total. The van der Waals surface area contributed by atoms with Gasteiger partial charge in [0.25, 0.3) is 0 Å². The highest BCUT2D eigenvalue weighted by Gasteiger charge is 2.18. The Balaban J connectivity index is 2.00. The van der Waals surface area contributed by atoms with E-state index in [1.54, 1.807) is 18.2 Å². The first kappa shape index (κ1) is 19.5. The zero-order chi connectivity index (χ0) is 19.1. The molecule has 1 heterocycles. The third-order valence-corrected chi connectivity index (χ3v) is 4.23. The molecular weight excluding hydrogens is 354 g/mol. The number of ketones is 1. The quantitative estimate of drug-likeness (QED) is 0.311. The SMILES string of the molecule is CC(=O)C(=Cc1ccco1)C(=O)OCCC(C#N)c1ccc(C)c(Cl)c1. The van der Waals surface area contributed by atoms with Gasteiger partial charge in [0.2, 0.25) is 0 Å². The van der Waals surface area contributed by atoms with Crippen molar-refractivity contribution in [3.05, 3.63) is 64.1 Å². The highest BCUT2D eigenvalue weighted by molar-refractivity contribution is 6.31. The normalized spacial score (nSPS) is 12.3. The van der Waals surface area contributed by atoms with Crippen LogP contribution in [-0.2, 0) is 14.3 Å². The highest BCUT2D eigenvalue weighted by atomic mass is 35.5. The number of aryl methyl sites for hydroxylation is 1. The lowest BCUT2D eigenvalue weighted by atomic mass is 9.97. The molecule has 6 heteroatoms. The molecule has 0 spiro atoms. The molecule has 5 nitrogen and oxygen atoms in total. The van der Waals surface area contributed by atoms with Gasteiger partial charge in [0.15, 0.2) is 5.78 Å². The molecule has 0 aliphatic rings. The van der Waals surface area contributed by atoms with Crippen LogP contribution in [0.5, 0.6) is 0 Å². The summed E-state index contributed by atoms with van der Waals surface area (Å²) in [4.78, 5) is 23.8. The largest absolute Gasteiger partial charge is 0.465 e. The monoisotopic (exact) mass is 371 g/mol. The van der Waals surface area contributed by atoms with Crippen LogP contribution in [0.15, 0.2) is 46.6 Å². The summed E-state index contributed by atoms with van der Waals surface area (Å²) in [6.45, 7) is 3.16. The zero-order valence-electron chi connectivity index (χ0n) is 14.5. The van der Waals surface area contributed by atoms with Gasteiger partial charge in [-0.05, 0) is 49.2 Å². The lowest BCUT2D eigenvalue weighted by Gasteiger charge is -2.11. The van der Waals surface area contributed by atoms with Gasteiger partial charge in [-0.1, -0.05) is 23.7 Å². The lowest BCUT2D eigenvalue weighted by Crippen LogP contribution is -2.15. The molecule has 0 bridgehead atoms. The van der Waals surface area contributed by atoms with E-state index in [1.807, 2.05) is 19.1 Å². The van der Waals surface area contributed by atoms with Gasteiger partial charge in [-0.3, -0.25) is 4.79 Å². The maximum absolute atomic E-state index is 12.2. The molecule has 26 heavy (non-hydrogen) atoms. The zero-order valence-corrected chi connectivity index (χ0v) is 15.2. The number of benzene rings is 1. The number of carbonyl (C=O) groups excluding carboxylic acids is 2. The van der Waals surface area contributed by atoms with E-state index >= 15 is 0 Å². The molecule has 134 valence electrons. The van der Waals surface area contributed by atoms with Crippen LogP contribution in [0, 0.1) is 18.3 Å². The predicted molar refractivity (Wildman–Crippen MR) is 97.5 cm³/mol. The molecular formula is C20H18ClNO4. The number of nitriles is 1. The van der Waals surface area contributed by atoms with Crippen LogP contribution in [0.1, 0.15) is 36.1 Å². The fourth-order valence-corrected chi connectivity index (χ4v) is 2.49. The van der Waals surface area contributed by atoms with Crippen LogP contribution < -0.4 is 0 Å². The molecule has 1 atom stereocenters. The van der Waals surface area contributed by atoms with Gasteiger partial charge in [-0.2, -0.15) is 5.26 Å². The molecule has 0 fully saturated rings. The van der Waals surface area contributed by atoms with E-state index in [0.717, 1.165) is 11.1 Å². The van der Waals surface area contributed by atoms with E-state index in [2.05, 4.69) is 6.07 Å². The smallest absolute Gasteiger partial charge is 0.341 e. The Morgan fingerprint density at radius 2 is 2.15 bits per heavy atom. The Kier molecular flexibility index (Phi) is 6.76. The summed E-state index contributed by atoms with van der Waals surface area (Å²) in [5.74, 6) is -1.24. The third-order valence-electron chi connectivity index (χ3n) is 3.82. The van der Waals surface area contributed by atoms with Crippen molar-refractivity contribution < 1.29 is 18.7 Å². The molecule has 2 rings (SSSR count). The van der Waals surface area contributed by atoms with Gasteiger partial charge in [0.05, 0.1) is 24.9 Å². The van der Waals surface area contributed by atoms with Gasteiger partial charge >= 0.3 is 5.97 Å². The number of furan rings is 1. The van der Waals surface area contributed by atoms with Gasteiger partial charge in [-0.25, -0.2) is 4.79 Å². The fraction of sp³-hybridized carbons (Fsp3) is 0.250. The number of carbonyl (C=O) groups is 2. The number of hydrogen-bond acceptors (Lipinski definition) is 5. The van der Waals surface area contributed by atoms with Crippen molar-refractivity contribution in [2.24, 2.45) is 0 Å². The summed E-state index contributed by atoms with van der Waals surface area (Å²) in [6.07, 6.45) is 3.08. The molecule has 1 unspecified atom stereocenters. The standard InChI is InChI=1S/C20H18ClNO4/c1-13-5-6-15(10-19(13)21)16(12-22)7-9-26-20(24)18(14(2)23)11-17-4-3-8-25-17/h3-6,8,10-11,16H,7,9H2,1-2H3. The van der Waals surface area contributed by atoms with Crippen LogP contribution >= 0.6 is 11.6 Å². The van der Waals surface area contributed by atoms with Crippen LogP contribution in [0.2, 0.25) is 5.02 Å². The van der Waals surface area contributed by atoms with E-state index < -0.39 is 17.7 Å².